The number of halogens is 1. The highest BCUT2D eigenvalue weighted by Crippen LogP contribution is 2.26. The molecule has 128 valence electrons. The maximum atomic E-state index is 13.8. The van der Waals surface area contributed by atoms with Gasteiger partial charge in [0.1, 0.15) is 34.7 Å². The van der Waals surface area contributed by atoms with Gasteiger partial charge in [-0.3, -0.25) is 4.79 Å². The first-order valence-corrected chi connectivity index (χ1v) is 7.77. The number of carbonyl (C=O) groups excluding carboxylic acids is 1. The minimum Gasteiger partial charge on any atom is -0.497 e. The summed E-state index contributed by atoms with van der Waals surface area (Å²) >= 11 is 0. The van der Waals surface area contributed by atoms with E-state index in [0.717, 1.165) is 0 Å². The zero-order valence-corrected chi connectivity index (χ0v) is 13.9. The van der Waals surface area contributed by atoms with Crippen LogP contribution in [0.1, 0.15) is 16.1 Å². The number of rotatable bonds is 5. The molecule has 0 bridgehead atoms. The average Bonchev–Trinajstić information content (AvgIpc) is 3.14. The number of nitriles is 1. The quantitative estimate of drug-likeness (QED) is 0.375. The average molecular weight is 347 g/mol. The van der Waals surface area contributed by atoms with Gasteiger partial charge >= 0.3 is 0 Å². The molecular weight excluding hydrogens is 333 g/mol. The molecule has 4 nitrogen and oxygen atoms in total. The van der Waals surface area contributed by atoms with E-state index >= 15 is 0 Å². The van der Waals surface area contributed by atoms with Crippen LogP contribution in [0.25, 0.3) is 17.4 Å². The molecule has 5 heteroatoms. The van der Waals surface area contributed by atoms with Gasteiger partial charge in [0.15, 0.2) is 0 Å². The second-order valence-corrected chi connectivity index (χ2v) is 5.41. The highest BCUT2D eigenvalue weighted by molar-refractivity contribution is 6.13. The summed E-state index contributed by atoms with van der Waals surface area (Å²) in [4.78, 5) is 12.5. The van der Waals surface area contributed by atoms with Crippen molar-refractivity contribution in [2.24, 2.45) is 0 Å². The second-order valence-electron chi connectivity index (χ2n) is 5.41. The van der Waals surface area contributed by atoms with Crippen molar-refractivity contribution in [1.82, 2.24) is 0 Å². The Bertz CT molecular complexity index is 1010. The predicted molar refractivity (Wildman–Crippen MR) is 95.0 cm³/mol. The van der Waals surface area contributed by atoms with Crippen LogP contribution in [0, 0.1) is 17.1 Å². The highest BCUT2D eigenvalue weighted by atomic mass is 19.1. The molecule has 0 atom stereocenters. The van der Waals surface area contributed by atoms with Gasteiger partial charge in [0.2, 0.25) is 5.78 Å². The molecule has 26 heavy (non-hydrogen) atoms. The Morgan fingerprint density at radius 1 is 1.12 bits per heavy atom. The van der Waals surface area contributed by atoms with E-state index in [0.29, 0.717) is 28.4 Å². The number of ketones is 1. The summed E-state index contributed by atoms with van der Waals surface area (Å²) in [5.74, 6) is 0.390. The van der Waals surface area contributed by atoms with Crippen molar-refractivity contribution in [2.75, 3.05) is 7.11 Å². The van der Waals surface area contributed by atoms with Crippen LogP contribution < -0.4 is 4.74 Å². The van der Waals surface area contributed by atoms with E-state index in [2.05, 4.69) is 0 Å². The van der Waals surface area contributed by atoms with Gasteiger partial charge in [-0.15, -0.1) is 0 Å². The Morgan fingerprint density at radius 2 is 1.85 bits per heavy atom. The monoisotopic (exact) mass is 347 g/mol. The molecule has 3 rings (SSSR count). The zero-order valence-electron chi connectivity index (χ0n) is 13.9. The Hall–Kier alpha value is -3.65. The lowest BCUT2D eigenvalue weighted by Gasteiger charge is -2.02. The highest BCUT2D eigenvalue weighted by Gasteiger charge is 2.14. The van der Waals surface area contributed by atoms with E-state index in [1.807, 2.05) is 6.07 Å². The van der Waals surface area contributed by atoms with Crippen LogP contribution >= 0.6 is 0 Å². The van der Waals surface area contributed by atoms with Crippen LogP contribution in [-0.2, 0) is 0 Å². The fraction of sp³-hybridized carbons (Fsp3) is 0.0476. The van der Waals surface area contributed by atoms with Gasteiger partial charge < -0.3 is 9.15 Å². The van der Waals surface area contributed by atoms with Gasteiger partial charge in [0, 0.05) is 11.6 Å². The molecule has 0 saturated heterocycles. The molecule has 1 aromatic heterocycles. The van der Waals surface area contributed by atoms with Crippen molar-refractivity contribution < 1.29 is 18.3 Å². The number of benzene rings is 2. The first-order chi connectivity index (χ1) is 12.6. The normalized spacial score (nSPS) is 11.0. The third kappa shape index (κ3) is 3.55. The number of carbonyl (C=O) groups is 1. The fourth-order valence-electron chi connectivity index (χ4n) is 2.42. The number of furan rings is 1. The smallest absolute Gasteiger partial charge is 0.203 e. The molecule has 1 heterocycles. The Kier molecular flexibility index (Phi) is 4.95. The molecule has 0 saturated carbocycles. The number of nitrogens with zero attached hydrogens (tertiary/aromatic N) is 1. The van der Waals surface area contributed by atoms with Crippen LogP contribution in [0.4, 0.5) is 4.39 Å². The number of hydrogen-bond acceptors (Lipinski definition) is 4. The molecule has 0 spiro atoms. The molecule has 0 aliphatic carbocycles. The molecular formula is C21H14FNO3. The minimum atomic E-state index is -0.431. The van der Waals surface area contributed by atoms with Crippen molar-refractivity contribution in [1.29, 1.82) is 5.26 Å². The van der Waals surface area contributed by atoms with Gasteiger partial charge in [-0.25, -0.2) is 4.39 Å². The molecule has 2 aromatic carbocycles. The van der Waals surface area contributed by atoms with Crippen molar-refractivity contribution >= 4 is 11.9 Å². The van der Waals surface area contributed by atoms with Crippen molar-refractivity contribution in [3.8, 4) is 23.1 Å². The summed E-state index contributed by atoms with van der Waals surface area (Å²) in [6.45, 7) is 0. The van der Waals surface area contributed by atoms with E-state index < -0.39 is 11.6 Å². The van der Waals surface area contributed by atoms with Gasteiger partial charge in [-0.2, -0.15) is 5.26 Å². The van der Waals surface area contributed by atoms with Gasteiger partial charge in [-0.1, -0.05) is 12.1 Å². The largest absolute Gasteiger partial charge is 0.497 e. The van der Waals surface area contributed by atoms with E-state index in [4.69, 9.17) is 9.15 Å². The van der Waals surface area contributed by atoms with E-state index in [9.17, 15) is 14.4 Å². The summed E-state index contributed by atoms with van der Waals surface area (Å²) in [5, 5.41) is 9.32. The molecule has 3 aromatic rings. The number of methoxy groups -OCH3 is 1. The standard InChI is InChI=1S/C21H14FNO3/c1-25-16-8-6-14(7-9-16)21(24)15(13-23)12-17-10-11-20(26-17)18-4-2-3-5-19(18)22/h2-12H,1H3/b15-12+. The SMILES string of the molecule is COc1ccc(C(=O)/C(C#N)=C/c2ccc(-c3ccccc3F)o2)cc1. The first-order valence-electron chi connectivity index (χ1n) is 7.77. The maximum Gasteiger partial charge on any atom is 0.203 e. The van der Waals surface area contributed by atoms with Crippen LogP contribution in [0.5, 0.6) is 5.75 Å². The summed E-state index contributed by atoms with van der Waals surface area (Å²) in [6, 6.07) is 17.7. The third-order valence-corrected chi connectivity index (χ3v) is 3.77. The van der Waals surface area contributed by atoms with E-state index in [1.165, 1.54) is 19.3 Å². The molecule has 0 N–H and O–H groups in total. The third-order valence-electron chi connectivity index (χ3n) is 3.77. The van der Waals surface area contributed by atoms with Crippen molar-refractivity contribution in [3.63, 3.8) is 0 Å². The van der Waals surface area contributed by atoms with Crippen molar-refractivity contribution in [2.45, 2.75) is 0 Å². The van der Waals surface area contributed by atoms with Crippen LogP contribution in [0.2, 0.25) is 0 Å². The molecule has 0 aliphatic heterocycles. The number of hydrogen-bond donors (Lipinski definition) is 0. The van der Waals surface area contributed by atoms with E-state index in [-0.39, 0.29) is 5.57 Å². The molecule has 0 unspecified atom stereocenters. The number of ether oxygens (including phenoxy) is 1. The number of allylic oxidation sites excluding steroid dienone is 1. The fourth-order valence-corrected chi connectivity index (χ4v) is 2.42. The maximum absolute atomic E-state index is 13.8. The van der Waals surface area contributed by atoms with Gasteiger partial charge in [0.25, 0.3) is 0 Å². The Morgan fingerprint density at radius 3 is 2.50 bits per heavy atom. The van der Waals surface area contributed by atoms with Crippen molar-refractivity contribution in [3.05, 3.63) is 83.4 Å². The molecule has 0 amide bonds. The lowest BCUT2D eigenvalue weighted by molar-refractivity contribution is 0.104. The number of Topliss-reactive ketones (excluding diaryl/α,β-unsaturated/α-hetero) is 1. The summed E-state index contributed by atoms with van der Waals surface area (Å²) < 4.78 is 24.4. The van der Waals surface area contributed by atoms with E-state index in [1.54, 1.807) is 54.6 Å². The first kappa shape index (κ1) is 17.2. The van der Waals surface area contributed by atoms with Crippen LogP contribution in [-0.4, -0.2) is 12.9 Å². The van der Waals surface area contributed by atoms with Gasteiger partial charge in [0.05, 0.1) is 12.7 Å². The summed E-state index contributed by atoms with van der Waals surface area (Å²) in [6.07, 6.45) is 1.34. The van der Waals surface area contributed by atoms with Gasteiger partial charge in [-0.05, 0) is 48.5 Å². The molecule has 0 aliphatic rings. The topological polar surface area (TPSA) is 63.2 Å². The molecule has 0 fully saturated rings. The molecule has 0 radical (unpaired) electrons. The minimum absolute atomic E-state index is 0.0791. The Labute approximate surface area is 149 Å². The Balaban J connectivity index is 1.89. The predicted octanol–water partition coefficient (Wildman–Crippen LogP) is 4.88. The zero-order chi connectivity index (χ0) is 18.5. The lowest BCUT2D eigenvalue weighted by Crippen LogP contribution is -2.01. The second kappa shape index (κ2) is 7.49. The van der Waals surface area contributed by atoms with Crippen LogP contribution in [0.15, 0.2) is 70.7 Å². The lowest BCUT2D eigenvalue weighted by atomic mass is 10.0. The summed E-state index contributed by atoms with van der Waals surface area (Å²) in [5.41, 5.74) is 0.594. The summed E-state index contributed by atoms with van der Waals surface area (Å²) in [7, 11) is 1.53. The van der Waals surface area contributed by atoms with Crippen LogP contribution in [0.3, 0.4) is 0 Å².